The quantitative estimate of drug-likeness (QED) is 0.321. The second-order valence-electron chi connectivity index (χ2n) is 3.53. The lowest BCUT2D eigenvalue weighted by molar-refractivity contribution is 0.226. The lowest BCUT2D eigenvalue weighted by Crippen LogP contribution is -2.36. The van der Waals surface area contributed by atoms with Crippen LogP contribution in [0.2, 0.25) is 0 Å². The Hall–Kier alpha value is -0.200. The highest BCUT2D eigenvalue weighted by Gasteiger charge is 2.02. The molecule has 0 fully saturated rings. The number of rotatable bonds is 11. The first-order valence-corrected chi connectivity index (χ1v) is 5.70. The highest BCUT2D eigenvalue weighted by molar-refractivity contribution is 4.60. The van der Waals surface area contributed by atoms with Gasteiger partial charge in [-0.1, -0.05) is 0 Å². The Bertz CT molecular complexity index is 125. The molecule has 92 valence electrons. The molecular formula is C10H25N3O2. The van der Waals surface area contributed by atoms with Crippen LogP contribution in [-0.2, 0) is 0 Å². The second-order valence-corrected chi connectivity index (χ2v) is 3.53. The summed E-state index contributed by atoms with van der Waals surface area (Å²) < 4.78 is 0. The summed E-state index contributed by atoms with van der Waals surface area (Å²) in [5, 5.41) is 20.6. The van der Waals surface area contributed by atoms with Gasteiger partial charge in [0.1, 0.15) is 0 Å². The molecule has 0 aliphatic carbocycles. The van der Waals surface area contributed by atoms with Crippen molar-refractivity contribution in [1.82, 2.24) is 10.2 Å². The van der Waals surface area contributed by atoms with Crippen LogP contribution in [0, 0.1) is 0 Å². The van der Waals surface area contributed by atoms with Gasteiger partial charge in [0, 0.05) is 45.9 Å². The predicted molar refractivity (Wildman–Crippen MR) is 61.8 cm³/mol. The van der Waals surface area contributed by atoms with E-state index in [2.05, 4.69) is 10.2 Å². The molecule has 0 radical (unpaired) electrons. The van der Waals surface area contributed by atoms with Crippen molar-refractivity contribution in [2.45, 2.75) is 12.8 Å². The third kappa shape index (κ3) is 10.1. The SMILES string of the molecule is NCCN(CCCO)CCNCCCO. The number of nitrogens with zero attached hydrogens (tertiary/aromatic N) is 1. The maximum absolute atomic E-state index is 8.72. The van der Waals surface area contributed by atoms with E-state index in [9.17, 15) is 0 Å². The van der Waals surface area contributed by atoms with Crippen LogP contribution in [0.4, 0.5) is 0 Å². The summed E-state index contributed by atoms with van der Waals surface area (Å²) in [7, 11) is 0. The van der Waals surface area contributed by atoms with Gasteiger partial charge in [-0.15, -0.1) is 0 Å². The number of aliphatic hydroxyl groups excluding tert-OH is 2. The standard InChI is InChI=1S/C10H25N3O2/c11-3-7-13(6-2-10-15)8-5-12-4-1-9-14/h12,14-15H,1-11H2. The first kappa shape index (κ1) is 14.8. The first-order chi connectivity index (χ1) is 7.35. The molecule has 0 amide bonds. The predicted octanol–water partition coefficient (Wildman–Crippen LogP) is -1.40. The molecule has 5 heteroatoms. The van der Waals surface area contributed by atoms with Crippen molar-refractivity contribution < 1.29 is 10.2 Å². The number of hydrogen-bond donors (Lipinski definition) is 4. The van der Waals surface area contributed by atoms with Crippen molar-refractivity contribution in [3.05, 3.63) is 0 Å². The summed E-state index contributed by atoms with van der Waals surface area (Å²) in [5.74, 6) is 0. The summed E-state index contributed by atoms with van der Waals surface area (Å²) in [5.41, 5.74) is 5.50. The van der Waals surface area contributed by atoms with Gasteiger partial charge in [0.2, 0.25) is 0 Å². The molecule has 0 aromatic carbocycles. The van der Waals surface area contributed by atoms with E-state index in [1.807, 2.05) is 0 Å². The zero-order valence-electron chi connectivity index (χ0n) is 9.49. The molecule has 0 saturated carbocycles. The summed E-state index contributed by atoms with van der Waals surface area (Å²) in [6.45, 7) is 5.61. The van der Waals surface area contributed by atoms with E-state index in [-0.39, 0.29) is 13.2 Å². The third-order valence-electron chi connectivity index (χ3n) is 2.19. The number of aliphatic hydroxyl groups is 2. The van der Waals surface area contributed by atoms with Crippen LogP contribution in [0.5, 0.6) is 0 Å². The fourth-order valence-electron chi connectivity index (χ4n) is 1.38. The van der Waals surface area contributed by atoms with Crippen molar-refractivity contribution in [3.63, 3.8) is 0 Å². The third-order valence-corrected chi connectivity index (χ3v) is 2.19. The van der Waals surface area contributed by atoms with Crippen LogP contribution in [0.15, 0.2) is 0 Å². The summed E-state index contributed by atoms with van der Waals surface area (Å²) in [6.07, 6.45) is 1.60. The number of nitrogens with two attached hydrogens (primary N) is 1. The van der Waals surface area contributed by atoms with Crippen molar-refractivity contribution in [1.29, 1.82) is 0 Å². The van der Waals surface area contributed by atoms with Gasteiger partial charge in [-0.3, -0.25) is 0 Å². The van der Waals surface area contributed by atoms with Gasteiger partial charge in [0.15, 0.2) is 0 Å². The van der Waals surface area contributed by atoms with E-state index in [0.717, 1.165) is 45.6 Å². The van der Waals surface area contributed by atoms with Crippen LogP contribution in [0.1, 0.15) is 12.8 Å². The van der Waals surface area contributed by atoms with E-state index in [0.29, 0.717) is 6.54 Å². The smallest absolute Gasteiger partial charge is 0.0443 e. The molecule has 0 spiro atoms. The van der Waals surface area contributed by atoms with Crippen LogP contribution >= 0.6 is 0 Å². The fraction of sp³-hybridized carbons (Fsp3) is 1.00. The number of hydrogen-bond acceptors (Lipinski definition) is 5. The van der Waals surface area contributed by atoms with Crippen molar-refractivity contribution >= 4 is 0 Å². The molecule has 0 atom stereocenters. The summed E-state index contributed by atoms with van der Waals surface area (Å²) in [6, 6.07) is 0. The van der Waals surface area contributed by atoms with Crippen LogP contribution in [0.3, 0.4) is 0 Å². The minimum Gasteiger partial charge on any atom is -0.396 e. The normalized spacial score (nSPS) is 11.2. The van der Waals surface area contributed by atoms with Gasteiger partial charge in [0.05, 0.1) is 0 Å². The molecule has 0 aromatic heterocycles. The van der Waals surface area contributed by atoms with Crippen LogP contribution < -0.4 is 11.1 Å². The molecular weight excluding hydrogens is 194 g/mol. The lowest BCUT2D eigenvalue weighted by Gasteiger charge is -2.21. The van der Waals surface area contributed by atoms with E-state index < -0.39 is 0 Å². The van der Waals surface area contributed by atoms with Crippen molar-refractivity contribution in [2.24, 2.45) is 5.73 Å². The Balaban J connectivity index is 3.38. The molecule has 0 rings (SSSR count). The van der Waals surface area contributed by atoms with Gasteiger partial charge in [-0.25, -0.2) is 0 Å². The minimum absolute atomic E-state index is 0.235. The maximum Gasteiger partial charge on any atom is 0.0443 e. The van der Waals surface area contributed by atoms with Gasteiger partial charge in [-0.05, 0) is 19.4 Å². The minimum atomic E-state index is 0.235. The molecule has 0 saturated heterocycles. The number of nitrogens with one attached hydrogen (secondary N) is 1. The molecule has 0 unspecified atom stereocenters. The topological polar surface area (TPSA) is 81.8 Å². The fourth-order valence-corrected chi connectivity index (χ4v) is 1.38. The second kappa shape index (κ2) is 11.9. The van der Waals surface area contributed by atoms with E-state index >= 15 is 0 Å². The molecule has 0 aliphatic heterocycles. The Labute approximate surface area is 92.3 Å². The molecule has 5 N–H and O–H groups in total. The van der Waals surface area contributed by atoms with Gasteiger partial charge < -0.3 is 26.2 Å². The van der Waals surface area contributed by atoms with Gasteiger partial charge >= 0.3 is 0 Å². The monoisotopic (exact) mass is 219 g/mol. The molecule has 0 aromatic rings. The average Bonchev–Trinajstić information content (AvgIpc) is 2.25. The highest BCUT2D eigenvalue weighted by atomic mass is 16.3. The average molecular weight is 219 g/mol. The first-order valence-electron chi connectivity index (χ1n) is 5.70. The Morgan fingerprint density at radius 3 is 2.27 bits per heavy atom. The van der Waals surface area contributed by atoms with Crippen molar-refractivity contribution in [3.8, 4) is 0 Å². The molecule has 0 heterocycles. The Morgan fingerprint density at radius 1 is 0.933 bits per heavy atom. The molecule has 0 bridgehead atoms. The van der Waals surface area contributed by atoms with E-state index in [4.69, 9.17) is 15.9 Å². The highest BCUT2D eigenvalue weighted by Crippen LogP contribution is 1.89. The van der Waals surface area contributed by atoms with Crippen molar-refractivity contribution in [2.75, 3.05) is 52.5 Å². The molecule has 5 nitrogen and oxygen atoms in total. The summed E-state index contributed by atoms with van der Waals surface area (Å²) in [4.78, 5) is 2.24. The summed E-state index contributed by atoms with van der Waals surface area (Å²) >= 11 is 0. The van der Waals surface area contributed by atoms with Gasteiger partial charge in [-0.2, -0.15) is 0 Å². The zero-order chi connectivity index (χ0) is 11.4. The molecule has 0 aliphatic rings. The van der Waals surface area contributed by atoms with Crippen LogP contribution in [0.25, 0.3) is 0 Å². The Morgan fingerprint density at radius 2 is 1.67 bits per heavy atom. The van der Waals surface area contributed by atoms with E-state index in [1.54, 1.807) is 0 Å². The van der Waals surface area contributed by atoms with Gasteiger partial charge in [0.25, 0.3) is 0 Å². The molecule has 15 heavy (non-hydrogen) atoms. The van der Waals surface area contributed by atoms with Crippen LogP contribution in [-0.4, -0.2) is 67.6 Å². The van der Waals surface area contributed by atoms with E-state index in [1.165, 1.54) is 0 Å². The maximum atomic E-state index is 8.72. The largest absolute Gasteiger partial charge is 0.396 e. The zero-order valence-corrected chi connectivity index (χ0v) is 9.49. The Kier molecular flexibility index (Phi) is 11.7. The lowest BCUT2D eigenvalue weighted by atomic mass is 10.3.